The first-order valence-electron chi connectivity index (χ1n) is 9.68. The van der Waals surface area contributed by atoms with Crippen LogP contribution in [0, 0.1) is 5.92 Å². The number of carbonyl (C=O) groups is 1. The van der Waals surface area contributed by atoms with Crippen LogP contribution < -0.4 is 20.5 Å². The lowest BCUT2D eigenvalue weighted by Gasteiger charge is -2.43. The van der Waals surface area contributed by atoms with Gasteiger partial charge in [0.25, 0.3) is 0 Å². The molecule has 0 spiro atoms. The van der Waals surface area contributed by atoms with Gasteiger partial charge in [0.2, 0.25) is 0 Å². The first kappa shape index (κ1) is 21.0. The number of rotatable bonds is 7. The van der Waals surface area contributed by atoms with Gasteiger partial charge in [-0.05, 0) is 50.2 Å². The van der Waals surface area contributed by atoms with Gasteiger partial charge in [-0.15, -0.1) is 11.6 Å². The monoisotopic (exact) mass is 412 g/mol. The molecule has 1 atom stereocenters. The first-order valence-corrected chi connectivity index (χ1v) is 10.2. The van der Waals surface area contributed by atoms with Crippen LogP contribution in [0.15, 0.2) is 12.1 Å². The van der Waals surface area contributed by atoms with Crippen LogP contribution in [0.4, 0.5) is 4.79 Å². The summed E-state index contributed by atoms with van der Waals surface area (Å²) in [6.07, 6.45) is 4.10. The second-order valence-electron chi connectivity index (χ2n) is 7.34. The second kappa shape index (κ2) is 9.20. The number of hydrogen-bond donors (Lipinski definition) is 2. The molecule has 0 bridgehead atoms. The first-order chi connectivity index (χ1) is 13.5. The van der Waals surface area contributed by atoms with Crippen molar-refractivity contribution in [2.24, 2.45) is 11.7 Å². The van der Waals surface area contributed by atoms with Gasteiger partial charge in [-0.1, -0.05) is 0 Å². The molecule has 1 saturated carbocycles. The fraction of sp³-hybridized carbons (Fsp3) is 0.650. The summed E-state index contributed by atoms with van der Waals surface area (Å²) in [4.78, 5) is 11.7. The van der Waals surface area contributed by atoms with Crippen molar-refractivity contribution in [3.05, 3.63) is 23.3 Å². The van der Waals surface area contributed by atoms with E-state index in [0.29, 0.717) is 43.4 Å². The van der Waals surface area contributed by atoms with Gasteiger partial charge >= 0.3 is 6.03 Å². The van der Waals surface area contributed by atoms with E-state index in [-0.39, 0.29) is 0 Å². The molecule has 0 aromatic heterocycles. The topological polar surface area (TPSA) is 92.0 Å². The highest BCUT2D eigenvalue weighted by Crippen LogP contribution is 2.44. The number of hydrogen-bond acceptors (Lipinski definition) is 5. The molecule has 1 aliphatic carbocycles. The van der Waals surface area contributed by atoms with Crippen LogP contribution in [-0.4, -0.2) is 38.5 Å². The van der Waals surface area contributed by atoms with Gasteiger partial charge in [0.05, 0.1) is 26.4 Å². The molecule has 1 unspecified atom stereocenters. The van der Waals surface area contributed by atoms with Gasteiger partial charge in [0.1, 0.15) is 17.2 Å². The predicted octanol–water partition coefficient (Wildman–Crippen LogP) is 3.48. The summed E-state index contributed by atoms with van der Waals surface area (Å²) < 4.78 is 23.4. The summed E-state index contributed by atoms with van der Waals surface area (Å²) >= 11 is 5.90. The molecule has 3 N–H and O–H groups in total. The van der Waals surface area contributed by atoms with E-state index >= 15 is 0 Å². The Morgan fingerprint density at radius 3 is 2.57 bits per heavy atom. The number of ether oxygens (including phenoxy) is 4. The van der Waals surface area contributed by atoms with E-state index in [1.54, 1.807) is 14.2 Å². The van der Waals surface area contributed by atoms with Crippen LogP contribution in [0.25, 0.3) is 0 Å². The molecule has 1 aromatic carbocycles. The van der Waals surface area contributed by atoms with Gasteiger partial charge in [0, 0.05) is 17.9 Å². The lowest BCUT2D eigenvalue weighted by molar-refractivity contribution is -0.238. The molecule has 156 valence electrons. The van der Waals surface area contributed by atoms with E-state index < -0.39 is 18.0 Å². The SMILES string of the molecule is COc1ccc(OC)c2c1CCOC2OC1(NC(N)=O)CCC(CCCl)CC1. The molecule has 0 radical (unpaired) electrons. The van der Waals surface area contributed by atoms with E-state index in [1.165, 1.54) is 0 Å². The Balaban J connectivity index is 1.88. The molecule has 2 amide bonds. The van der Waals surface area contributed by atoms with Crippen LogP contribution in [-0.2, 0) is 15.9 Å². The summed E-state index contributed by atoms with van der Waals surface area (Å²) in [6.45, 7) is 0.489. The van der Waals surface area contributed by atoms with Gasteiger partial charge in [-0.2, -0.15) is 0 Å². The van der Waals surface area contributed by atoms with Crippen LogP contribution in [0.2, 0.25) is 0 Å². The Bertz CT molecular complexity index is 691. The zero-order chi connectivity index (χ0) is 20.1. The molecule has 1 heterocycles. The number of fused-ring (bicyclic) bond motifs is 1. The van der Waals surface area contributed by atoms with Crippen molar-refractivity contribution >= 4 is 17.6 Å². The number of benzene rings is 1. The summed E-state index contributed by atoms with van der Waals surface area (Å²) in [5, 5.41) is 2.83. The van der Waals surface area contributed by atoms with E-state index in [1.807, 2.05) is 12.1 Å². The number of primary amides is 1. The molecule has 3 rings (SSSR count). The summed E-state index contributed by atoms with van der Waals surface area (Å²) in [5.74, 6) is 2.61. The maximum Gasteiger partial charge on any atom is 0.314 e. The molecule has 1 fully saturated rings. The average molecular weight is 413 g/mol. The van der Waals surface area contributed by atoms with Gasteiger partial charge in [-0.25, -0.2) is 4.79 Å². The zero-order valence-corrected chi connectivity index (χ0v) is 17.2. The minimum absolute atomic E-state index is 0.489. The summed E-state index contributed by atoms with van der Waals surface area (Å²) in [5.41, 5.74) is 6.40. The highest BCUT2D eigenvalue weighted by atomic mass is 35.5. The van der Waals surface area contributed by atoms with Crippen LogP contribution in [0.1, 0.15) is 49.5 Å². The highest BCUT2D eigenvalue weighted by molar-refractivity contribution is 6.17. The van der Waals surface area contributed by atoms with Crippen molar-refractivity contribution in [2.75, 3.05) is 26.7 Å². The minimum atomic E-state index is -0.873. The largest absolute Gasteiger partial charge is 0.496 e. The normalized spacial score (nSPS) is 27.0. The zero-order valence-electron chi connectivity index (χ0n) is 16.5. The van der Waals surface area contributed by atoms with Crippen molar-refractivity contribution in [1.29, 1.82) is 0 Å². The van der Waals surface area contributed by atoms with Gasteiger partial charge < -0.3 is 30.0 Å². The molecular weight excluding hydrogens is 384 g/mol. The summed E-state index contributed by atoms with van der Waals surface area (Å²) in [7, 11) is 3.25. The fourth-order valence-corrected chi connectivity index (χ4v) is 4.55. The molecule has 2 aliphatic rings. The number of carbonyl (C=O) groups excluding carboxylic acids is 1. The van der Waals surface area contributed by atoms with Crippen LogP contribution in [0.5, 0.6) is 11.5 Å². The number of halogens is 1. The van der Waals surface area contributed by atoms with E-state index in [2.05, 4.69) is 5.32 Å². The average Bonchev–Trinajstić information content (AvgIpc) is 2.69. The van der Waals surface area contributed by atoms with Crippen molar-refractivity contribution in [1.82, 2.24) is 5.32 Å². The maximum absolute atomic E-state index is 11.7. The number of methoxy groups -OCH3 is 2. The predicted molar refractivity (Wildman–Crippen MR) is 106 cm³/mol. The maximum atomic E-state index is 11.7. The molecule has 8 heteroatoms. The number of urea groups is 1. The Labute approximate surface area is 170 Å². The van der Waals surface area contributed by atoms with Crippen molar-refractivity contribution < 1.29 is 23.7 Å². The Kier molecular flexibility index (Phi) is 6.91. The Morgan fingerprint density at radius 1 is 1.29 bits per heavy atom. The molecule has 1 aliphatic heterocycles. The third kappa shape index (κ3) is 4.47. The number of nitrogens with one attached hydrogen (secondary N) is 1. The quantitative estimate of drug-likeness (QED) is 0.528. The molecular formula is C20H29ClN2O5. The smallest absolute Gasteiger partial charge is 0.314 e. The Hall–Kier alpha value is -1.70. The molecule has 28 heavy (non-hydrogen) atoms. The number of alkyl halides is 1. The lowest BCUT2D eigenvalue weighted by Crippen LogP contribution is -2.55. The number of nitrogens with two attached hydrogens (primary N) is 1. The minimum Gasteiger partial charge on any atom is -0.496 e. The third-order valence-electron chi connectivity index (χ3n) is 5.68. The molecule has 0 saturated heterocycles. The Morgan fingerprint density at radius 2 is 1.96 bits per heavy atom. The summed E-state index contributed by atoms with van der Waals surface area (Å²) in [6, 6.07) is 3.12. The lowest BCUT2D eigenvalue weighted by atomic mass is 9.82. The molecule has 7 nitrogen and oxygen atoms in total. The highest BCUT2D eigenvalue weighted by Gasteiger charge is 2.42. The number of amides is 2. The van der Waals surface area contributed by atoms with Crippen molar-refractivity contribution in [2.45, 2.75) is 50.5 Å². The second-order valence-corrected chi connectivity index (χ2v) is 7.72. The van der Waals surface area contributed by atoms with E-state index in [4.69, 9.17) is 36.3 Å². The van der Waals surface area contributed by atoms with E-state index in [0.717, 1.165) is 36.1 Å². The van der Waals surface area contributed by atoms with Crippen molar-refractivity contribution in [3.63, 3.8) is 0 Å². The van der Waals surface area contributed by atoms with E-state index in [9.17, 15) is 4.79 Å². The van der Waals surface area contributed by atoms with Crippen LogP contribution in [0.3, 0.4) is 0 Å². The fourth-order valence-electron chi connectivity index (χ4n) is 4.24. The third-order valence-corrected chi connectivity index (χ3v) is 5.90. The van der Waals surface area contributed by atoms with Crippen molar-refractivity contribution in [3.8, 4) is 11.5 Å². The van der Waals surface area contributed by atoms with Gasteiger partial charge in [0.15, 0.2) is 6.29 Å². The standard InChI is InChI=1S/C20H29ClN2O5/c1-25-15-3-4-16(26-2)17-14(15)8-12-27-18(17)28-20(23-19(22)24)9-5-13(6-10-20)7-11-21/h3-4,13,18H,5-12H2,1-2H3,(H3,22,23,24). The van der Waals surface area contributed by atoms with Crippen LogP contribution >= 0.6 is 11.6 Å². The molecule has 1 aromatic rings. The van der Waals surface area contributed by atoms with Gasteiger partial charge in [-0.3, -0.25) is 0 Å².